The number of nitrogens with one attached hydrogen (secondary N) is 1. The predicted molar refractivity (Wildman–Crippen MR) is 103 cm³/mol. The molecule has 0 saturated carbocycles. The first kappa shape index (κ1) is 20.1. The number of halogens is 3. The van der Waals surface area contributed by atoms with Crippen LogP contribution in [0.1, 0.15) is 24.5 Å². The van der Waals surface area contributed by atoms with E-state index in [1.807, 2.05) is 12.1 Å². The number of amides is 2. The summed E-state index contributed by atoms with van der Waals surface area (Å²) in [5, 5.41) is 7.43. The Labute approximate surface area is 166 Å². The lowest BCUT2D eigenvalue weighted by atomic mass is 10.0. The number of nitrogens with zero attached hydrogens (tertiary/aromatic N) is 2. The van der Waals surface area contributed by atoms with Gasteiger partial charge in [0, 0.05) is 29.6 Å². The van der Waals surface area contributed by atoms with E-state index in [4.69, 9.17) is 16.4 Å². The van der Waals surface area contributed by atoms with Crippen molar-refractivity contribution >= 4 is 23.3 Å². The Kier molecular flexibility index (Phi) is 6.46. The van der Waals surface area contributed by atoms with Gasteiger partial charge in [0.25, 0.3) is 0 Å². The van der Waals surface area contributed by atoms with Crippen LogP contribution in [-0.2, 0) is 11.4 Å². The second-order valence-electron chi connectivity index (χ2n) is 6.43. The number of hydrogen-bond acceptors (Lipinski definition) is 3. The van der Waals surface area contributed by atoms with Crippen LogP contribution in [0.4, 0.5) is 13.6 Å². The molecule has 2 aromatic carbocycles. The molecule has 8 heteroatoms. The van der Waals surface area contributed by atoms with Crippen molar-refractivity contribution in [3.8, 4) is 0 Å². The number of rotatable bonds is 6. The summed E-state index contributed by atoms with van der Waals surface area (Å²) in [7, 11) is 0. The van der Waals surface area contributed by atoms with E-state index in [9.17, 15) is 13.6 Å². The lowest BCUT2D eigenvalue weighted by Crippen LogP contribution is -2.43. The zero-order chi connectivity index (χ0) is 20.1. The van der Waals surface area contributed by atoms with Gasteiger partial charge in [-0.05, 0) is 30.7 Å². The molecule has 1 atom stereocenters. The van der Waals surface area contributed by atoms with Crippen LogP contribution >= 0.6 is 11.6 Å². The summed E-state index contributed by atoms with van der Waals surface area (Å²) in [6.45, 7) is 2.43. The molecule has 0 aromatic heterocycles. The normalized spacial score (nSPS) is 15.7. The number of hydrogen-bond donors (Lipinski definition) is 1. The molecule has 1 heterocycles. The van der Waals surface area contributed by atoms with Gasteiger partial charge >= 0.3 is 6.03 Å². The van der Waals surface area contributed by atoms with E-state index >= 15 is 0 Å². The summed E-state index contributed by atoms with van der Waals surface area (Å²) in [6.07, 6.45) is 0.139. The van der Waals surface area contributed by atoms with Crippen LogP contribution in [0.3, 0.4) is 0 Å². The fourth-order valence-electron chi connectivity index (χ4n) is 2.92. The molecule has 0 unspecified atom stereocenters. The van der Waals surface area contributed by atoms with Gasteiger partial charge in [-0.2, -0.15) is 0 Å². The van der Waals surface area contributed by atoms with Crippen LogP contribution in [0.15, 0.2) is 47.6 Å². The molecule has 0 spiro atoms. The standard InChI is InChI=1S/C20H20ClF2N3O2/c1-2-24-20(27)26(11-14-5-8-16(22)9-18(14)23)12-17-10-19(25-28-17)13-3-6-15(21)7-4-13/h3-9,17H,2,10-12H2,1H3,(H,24,27)/t17-/m1/s1. The van der Waals surface area contributed by atoms with E-state index in [-0.39, 0.29) is 30.8 Å². The number of carbonyl (C=O) groups excluding carboxylic acids is 1. The van der Waals surface area contributed by atoms with E-state index in [1.165, 1.54) is 17.0 Å². The van der Waals surface area contributed by atoms with Gasteiger partial charge in [-0.1, -0.05) is 35.0 Å². The van der Waals surface area contributed by atoms with Crippen LogP contribution in [0.25, 0.3) is 0 Å². The summed E-state index contributed by atoms with van der Waals surface area (Å²) in [5.41, 5.74) is 1.87. The van der Waals surface area contributed by atoms with Crippen molar-refractivity contribution in [2.75, 3.05) is 13.1 Å². The molecule has 0 fully saturated rings. The molecule has 148 valence electrons. The Balaban J connectivity index is 1.68. The monoisotopic (exact) mass is 407 g/mol. The number of urea groups is 1. The quantitative estimate of drug-likeness (QED) is 0.774. The van der Waals surface area contributed by atoms with Gasteiger partial charge in [0.1, 0.15) is 11.6 Å². The Bertz CT molecular complexity index is 874. The molecular formula is C20H20ClF2N3O2. The van der Waals surface area contributed by atoms with Gasteiger partial charge in [-0.15, -0.1) is 0 Å². The van der Waals surface area contributed by atoms with Crippen molar-refractivity contribution in [1.29, 1.82) is 0 Å². The zero-order valence-corrected chi connectivity index (χ0v) is 16.0. The molecule has 1 aliphatic heterocycles. The lowest BCUT2D eigenvalue weighted by molar-refractivity contribution is 0.0588. The van der Waals surface area contributed by atoms with Crippen LogP contribution < -0.4 is 5.32 Å². The maximum Gasteiger partial charge on any atom is 0.317 e. The average Bonchev–Trinajstić information content (AvgIpc) is 3.12. The molecule has 2 aromatic rings. The largest absolute Gasteiger partial charge is 0.390 e. The molecule has 0 bridgehead atoms. The highest BCUT2D eigenvalue weighted by molar-refractivity contribution is 6.30. The van der Waals surface area contributed by atoms with E-state index in [0.29, 0.717) is 18.0 Å². The summed E-state index contributed by atoms with van der Waals surface area (Å²) in [5.74, 6) is -1.36. The Morgan fingerprint density at radius 1 is 1.29 bits per heavy atom. The molecule has 0 saturated heterocycles. The van der Waals surface area contributed by atoms with Gasteiger partial charge in [-0.25, -0.2) is 13.6 Å². The third kappa shape index (κ3) is 4.98. The van der Waals surface area contributed by atoms with Gasteiger partial charge in [0.2, 0.25) is 0 Å². The molecule has 0 radical (unpaired) electrons. The topological polar surface area (TPSA) is 53.9 Å². The molecule has 1 aliphatic rings. The minimum Gasteiger partial charge on any atom is -0.390 e. The van der Waals surface area contributed by atoms with Gasteiger partial charge in [-0.3, -0.25) is 0 Å². The van der Waals surface area contributed by atoms with Crippen molar-refractivity contribution in [3.63, 3.8) is 0 Å². The smallest absolute Gasteiger partial charge is 0.317 e. The van der Waals surface area contributed by atoms with Crippen molar-refractivity contribution in [2.45, 2.75) is 26.0 Å². The van der Waals surface area contributed by atoms with Gasteiger partial charge in [0.05, 0.1) is 18.8 Å². The van der Waals surface area contributed by atoms with Crippen LogP contribution in [0.2, 0.25) is 5.02 Å². The molecule has 1 N–H and O–H groups in total. The van der Waals surface area contributed by atoms with Gasteiger partial charge < -0.3 is 15.1 Å². The van der Waals surface area contributed by atoms with E-state index in [0.717, 1.165) is 17.3 Å². The second-order valence-corrected chi connectivity index (χ2v) is 6.86. The van der Waals surface area contributed by atoms with Crippen LogP contribution in [0.5, 0.6) is 0 Å². The van der Waals surface area contributed by atoms with Crippen LogP contribution in [-0.4, -0.2) is 35.8 Å². The predicted octanol–water partition coefficient (Wildman–Crippen LogP) is 4.34. The third-order valence-corrected chi connectivity index (χ3v) is 4.58. The first-order chi connectivity index (χ1) is 13.5. The maximum absolute atomic E-state index is 14.0. The third-order valence-electron chi connectivity index (χ3n) is 4.33. The first-order valence-electron chi connectivity index (χ1n) is 8.91. The molecule has 5 nitrogen and oxygen atoms in total. The van der Waals surface area contributed by atoms with Gasteiger partial charge in [0.15, 0.2) is 6.10 Å². The highest BCUT2D eigenvalue weighted by Gasteiger charge is 2.27. The van der Waals surface area contributed by atoms with Crippen molar-refractivity contribution < 1.29 is 18.4 Å². The summed E-state index contributed by atoms with van der Waals surface area (Å²) < 4.78 is 27.2. The second kappa shape index (κ2) is 9.01. The number of benzene rings is 2. The van der Waals surface area contributed by atoms with Crippen molar-refractivity contribution in [2.24, 2.45) is 5.16 Å². The minimum absolute atomic E-state index is 0.00587. The van der Waals surface area contributed by atoms with E-state index in [1.54, 1.807) is 19.1 Å². The van der Waals surface area contributed by atoms with Crippen molar-refractivity contribution in [1.82, 2.24) is 10.2 Å². The Hall–Kier alpha value is -2.67. The Morgan fingerprint density at radius 2 is 2.04 bits per heavy atom. The summed E-state index contributed by atoms with van der Waals surface area (Å²) >= 11 is 5.90. The van der Waals surface area contributed by atoms with E-state index < -0.39 is 11.6 Å². The minimum atomic E-state index is -0.695. The molecular weight excluding hydrogens is 388 g/mol. The Morgan fingerprint density at radius 3 is 2.71 bits per heavy atom. The fourth-order valence-corrected chi connectivity index (χ4v) is 3.05. The summed E-state index contributed by atoms with van der Waals surface area (Å²) in [4.78, 5) is 19.3. The number of carbonyl (C=O) groups is 1. The van der Waals surface area contributed by atoms with E-state index in [2.05, 4.69) is 10.5 Å². The highest BCUT2D eigenvalue weighted by atomic mass is 35.5. The summed E-state index contributed by atoms with van der Waals surface area (Å²) in [6, 6.07) is 10.2. The molecule has 0 aliphatic carbocycles. The lowest BCUT2D eigenvalue weighted by Gasteiger charge is -2.25. The average molecular weight is 408 g/mol. The highest BCUT2D eigenvalue weighted by Crippen LogP contribution is 2.21. The number of oxime groups is 1. The zero-order valence-electron chi connectivity index (χ0n) is 15.3. The fraction of sp³-hybridized carbons (Fsp3) is 0.300. The van der Waals surface area contributed by atoms with Crippen molar-refractivity contribution in [3.05, 3.63) is 70.2 Å². The molecule has 2 amide bonds. The SMILES string of the molecule is CCNC(=O)N(Cc1ccc(F)cc1F)C[C@H]1CC(c2ccc(Cl)cc2)=NO1. The molecule has 28 heavy (non-hydrogen) atoms. The van der Waals surface area contributed by atoms with Crippen LogP contribution in [0, 0.1) is 11.6 Å². The first-order valence-corrected chi connectivity index (χ1v) is 9.29. The molecule has 3 rings (SSSR count). The maximum atomic E-state index is 14.0.